The van der Waals surface area contributed by atoms with Crippen molar-refractivity contribution < 1.29 is 33.6 Å². The minimum absolute atomic E-state index is 0.102. The predicted molar refractivity (Wildman–Crippen MR) is 123 cm³/mol. The van der Waals surface area contributed by atoms with Gasteiger partial charge in [0.2, 0.25) is 0 Å². The number of methoxy groups -OCH3 is 2. The van der Waals surface area contributed by atoms with Crippen LogP contribution in [0.4, 0.5) is 4.79 Å². The van der Waals surface area contributed by atoms with Crippen molar-refractivity contribution in [3.63, 3.8) is 0 Å². The average molecular weight is 458 g/mol. The number of ether oxygens (including phenoxy) is 4. The Hall–Kier alpha value is -3.42. The fourth-order valence-corrected chi connectivity index (χ4v) is 4.03. The zero-order valence-corrected chi connectivity index (χ0v) is 20.1. The zero-order valence-electron chi connectivity index (χ0n) is 20.1. The molecule has 0 saturated carbocycles. The minimum atomic E-state index is -0.994. The Morgan fingerprint density at radius 3 is 1.97 bits per heavy atom. The van der Waals surface area contributed by atoms with Gasteiger partial charge in [-0.2, -0.15) is 0 Å². The second-order valence-electron chi connectivity index (χ2n) is 9.40. The van der Waals surface area contributed by atoms with Crippen LogP contribution in [-0.4, -0.2) is 37.0 Å². The number of amides is 1. The molecule has 2 N–H and O–H groups in total. The van der Waals surface area contributed by atoms with Crippen molar-refractivity contribution in [3.8, 4) is 23.0 Å². The lowest BCUT2D eigenvalue weighted by Gasteiger charge is -2.37. The molecule has 0 bridgehead atoms. The fourth-order valence-electron chi connectivity index (χ4n) is 4.03. The Morgan fingerprint density at radius 2 is 1.48 bits per heavy atom. The van der Waals surface area contributed by atoms with Crippen LogP contribution in [-0.2, 0) is 27.9 Å². The monoisotopic (exact) mass is 457 g/mol. The summed E-state index contributed by atoms with van der Waals surface area (Å²) < 4.78 is 22.7. The van der Waals surface area contributed by atoms with Gasteiger partial charge in [-0.1, -0.05) is 26.0 Å². The molecule has 0 fully saturated rings. The summed E-state index contributed by atoms with van der Waals surface area (Å²) in [5.41, 5.74) is 1.68. The second-order valence-corrected chi connectivity index (χ2v) is 9.40. The molecular formula is C25H31NO7. The SMILES string of the molecule is COc1ccc2c(c1CNC(=O)OC(C)(C)C)Oc1c(ccc(OC)c1CC(=O)O)C2(C)C. The van der Waals surface area contributed by atoms with Gasteiger partial charge in [0.15, 0.2) is 0 Å². The van der Waals surface area contributed by atoms with E-state index in [0.29, 0.717) is 34.1 Å². The van der Waals surface area contributed by atoms with Crippen molar-refractivity contribution in [1.29, 1.82) is 0 Å². The third-order valence-corrected chi connectivity index (χ3v) is 5.56. The smallest absolute Gasteiger partial charge is 0.407 e. The molecule has 0 atom stereocenters. The highest BCUT2D eigenvalue weighted by atomic mass is 16.6. The lowest BCUT2D eigenvalue weighted by atomic mass is 9.74. The number of rotatable bonds is 6. The molecule has 8 nitrogen and oxygen atoms in total. The van der Waals surface area contributed by atoms with E-state index < -0.39 is 23.1 Å². The molecule has 0 aliphatic carbocycles. The van der Waals surface area contributed by atoms with Crippen LogP contribution in [0, 0.1) is 0 Å². The van der Waals surface area contributed by atoms with Gasteiger partial charge in [0, 0.05) is 22.1 Å². The van der Waals surface area contributed by atoms with E-state index in [2.05, 4.69) is 5.32 Å². The number of carbonyl (C=O) groups is 2. The topological polar surface area (TPSA) is 103 Å². The molecule has 2 aromatic rings. The van der Waals surface area contributed by atoms with E-state index in [9.17, 15) is 14.7 Å². The number of benzene rings is 2. The summed E-state index contributed by atoms with van der Waals surface area (Å²) in [5.74, 6) is 0.939. The lowest BCUT2D eigenvalue weighted by Crippen LogP contribution is -2.33. The lowest BCUT2D eigenvalue weighted by molar-refractivity contribution is -0.136. The van der Waals surface area contributed by atoms with E-state index in [0.717, 1.165) is 11.1 Å². The van der Waals surface area contributed by atoms with E-state index >= 15 is 0 Å². The van der Waals surface area contributed by atoms with Gasteiger partial charge in [0.25, 0.3) is 0 Å². The van der Waals surface area contributed by atoms with Crippen LogP contribution in [0.25, 0.3) is 0 Å². The number of aliphatic carboxylic acids is 1. The minimum Gasteiger partial charge on any atom is -0.496 e. The van der Waals surface area contributed by atoms with Gasteiger partial charge in [-0.25, -0.2) is 4.79 Å². The van der Waals surface area contributed by atoms with Crippen LogP contribution in [0.15, 0.2) is 24.3 Å². The molecular weight excluding hydrogens is 426 g/mol. The summed E-state index contributed by atoms with van der Waals surface area (Å²) in [5, 5.41) is 12.3. The molecule has 0 saturated heterocycles. The summed E-state index contributed by atoms with van der Waals surface area (Å²) in [4.78, 5) is 23.9. The molecule has 1 aliphatic rings. The molecule has 33 heavy (non-hydrogen) atoms. The van der Waals surface area contributed by atoms with Crippen molar-refractivity contribution in [2.24, 2.45) is 0 Å². The summed E-state index contributed by atoms with van der Waals surface area (Å²) >= 11 is 0. The van der Waals surface area contributed by atoms with Crippen LogP contribution in [0.3, 0.4) is 0 Å². The van der Waals surface area contributed by atoms with Crippen LogP contribution in [0.2, 0.25) is 0 Å². The van der Waals surface area contributed by atoms with Crippen LogP contribution in [0.5, 0.6) is 23.0 Å². The summed E-state index contributed by atoms with van der Waals surface area (Å²) in [6.45, 7) is 9.56. The molecule has 1 aliphatic heterocycles. The highest BCUT2D eigenvalue weighted by Gasteiger charge is 2.38. The summed E-state index contributed by atoms with van der Waals surface area (Å²) in [7, 11) is 3.04. The molecule has 178 valence electrons. The zero-order chi connectivity index (χ0) is 24.6. The maximum atomic E-state index is 12.3. The van der Waals surface area contributed by atoms with E-state index in [1.807, 2.05) is 32.0 Å². The number of carboxylic acids is 1. The van der Waals surface area contributed by atoms with Crippen molar-refractivity contribution in [3.05, 3.63) is 46.5 Å². The first kappa shape index (κ1) is 24.2. The Balaban J connectivity index is 2.11. The highest BCUT2D eigenvalue weighted by Crippen LogP contribution is 2.53. The summed E-state index contributed by atoms with van der Waals surface area (Å²) in [6, 6.07) is 7.42. The highest BCUT2D eigenvalue weighted by molar-refractivity contribution is 5.75. The number of nitrogens with one attached hydrogen (secondary N) is 1. The molecule has 3 rings (SSSR count). The van der Waals surface area contributed by atoms with E-state index in [1.54, 1.807) is 33.9 Å². The Bertz CT molecular complexity index is 1080. The van der Waals surface area contributed by atoms with Gasteiger partial charge in [0.1, 0.15) is 28.6 Å². The number of alkyl carbamates (subject to hydrolysis) is 1. The van der Waals surface area contributed by atoms with Crippen LogP contribution < -0.4 is 19.5 Å². The quantitative estimate of drug-likeness (QED) is 0.643. The third kappa shape index (κ3) is 4.84. The van der Waals surface area contributed by atoms with Crippen molar-refractivity contribution in [2.45, 2.75) is 58.6 Å². The van der Waals surface area contributed by atoms with E-state index in [4.69, 9.17) is 18.9 Å². The van der Waals surface area contributed by atoms with Gasteiger partial charge in [-0.05, 0) is 32.9 Å². The van der Waals surface area contributed by atoms with Crippen LogP contribution >= 0.6 is 0 Å². The number of carbonyl (C=O) groups excluding carboxylic acids is 1. The number of hydrogen-bond acceptors (Lipinski definition) is 6. The average Bonchev–Trinajstić information content (AvgIpc) is 2.70. The first-order valence-corrected chi connectivity index (χ1v) is 10.7. The number of fused-ring (bicyclic) bond motifs is 2. The van der Waals surface area contributed by atoms with Crippen LogP contribution in [0.1, 0.15) is 56.9 Å². The molecule has 8 heteroatoms. The first-order chi connectivity index (χ1) is 15.4. The summed E-state index contributed by atoms with van der Waals surface area (Å²) in [6.07, 6.45) is -0.821. The molecule has 1 amide bonds. The second kappa shape index (κ2) is 8.84. The van der Waals surface area contributed by atoms with Gasteiger partial charge >= 0.3 is 12.1 Å². The van der Waals surface area contributed by atoms with Crippen molar-refractivity contribution >= 4 is 12.1 Å². The predicted octanol–water partition coefficient (Wildman–Crippen LogP) is 4.79. The van der Waals surface area contributed by atoms with Gasteiger partial charge in [-0.3, -0.25) is 4.79 Å². The Kier molecular flexibility index (Phi) is 6.49. The fraction of sp³-hybridized carbons (Fsp3) is 0.440. The number of hydrogen-bond donors (Lipinski definition) is 2. The molecule has 1 heterocycles. The molecule has 2 aromatic carbocycles. The standard InChI is InChI=1S/C25H31NO7/c1-24(2,3)33-23(29)26-13-15-19(31-7)11-9-17-22(15)32-21-14(12-20(27)28)18(30-6)10-8-16(21)25(17,4)5/h8-11H,12-13H2,1-7H3,(H,26,29)(H,27,28). The maximum absolute atomic E-state index is 12.3. The normalized spacial score (nSPS) is 13.8. The van der Waals surface area contributed by atoms with Crippen molar-refractivity contribution in [1.82, 2.24) is 5.32 Å². The molecule has 0 unspecified atom stereocenters. The van der Waals surface area contributed by atoms with Gasteiger partial charge < -0.3 is 29.4 Å². The van der Waals surface area contributed by atoms with Gasteiger partial charge in [-0.15, -0.1) is 0 Å². The maximum Gasteiger partial charge on any atom is 0.407 e. The van der Waals surface area contributed by atoms with Crippen molar-refractivity contribution in [2.75, 3.05) is 14.2 Å². The molecule has 0 spiro atoms. The Morgan fingerprint density at radius 1 is 0.970 bits per heavy atom. The third-order valence-electron chi connectivity index (χ3n) is 5.56. The van der Waals surface area contributed by atoms with E-state index in [1.165, 1.54) is 7.11 Å². The largest absolute Gasteiger partial charge is 0.496 e. The van der Waals surface area contributed by atoms with Gasteiger partial charge in [0.05, 0.1) is 32.7 Å². The molecule has 0 radical (unpaired) electrons. The number of carboxylic acid groups (broad SMARTS) is 1. The van der Waals surface area contributed by atoms with E-state index in [-0.39, 0.29) is 13.0 Å². The Labute approximate surface area is 193 Å². The molecule has 0 aromatic heterocycles. The first-order valence-electron chi connectivity index (χ1n) is 10.7.